The fourth-order valence-corrected chi connectivity index (χ4v) is 1.62. The Morgan fingerprint density at radius 1 is 1.26 bits per heavy atom. The van der Waals surface area contributed by atoms with Crippen molar-refractivity contribution >= 4 is 5.96 Å². The molecule has 1 aromatic carbocycles. The smallest absolute Gasteiger partial charge is 0.188 e. The molecule has 0 amide bonds. The molecule has 4 nitrogen and oxygen atoms in total. The van der Waals surface area contributed by atoms with E-state index in [2.05, 4.69) is 41.5 Å². The van der Waals surface area contributed by atoms with Crippen LogP contribution in [0.15, 0.2) is 35.3 Å². The van der Waals surface area contributed by atoms with E-state index in [1.54, 1.807) is 0 Å². The number of aliphatic imine (C=N–C) groups is 1. The largest absolute Gasteiger partial charge is 0.381 e. The molecule has 3 N–H and O–H groups in total. The van der Waals surface area contributed by atoms with Crippen molar-refractivity contribution in [3.8, 4) is 0 Å². The molecule has 0 fully saturated rings. The van der Waals surface area contributed by atoms with Gasteiger partial charge in [0, 0.05) is 19.7 Å². The molecule has 19 heavy (non-hydrogen) atoms. The van der Waals surface area contributed by atoms with E-state index in [1.807, 2.05) is 6.07 Å². The van der Waals surface area contributed by atoms with E-state index in [0.717, 1.165) is 45.6 Å². The molecule has 0 heterocycles. The van der Waals surface area contributed by atoms with Crippen LogP contribution in [0.2, 0.25) is 0 Å². The monoisotopic (exact) mass is 263 g/mol. The highest BCUT2D eigenvalue weighted by molar-refractivity contribution is 5.77. The molecule has 0 radical (unpaired) electrons. The maximum Gasteiger partial charge on any atom is 0.188 e. The average molecular weight is 263 g/mol. The predicted octanol–water partition coefficient (Wildman–Crippen LogP) is 1.95. The molecule has 1 aromatic rings. The highest BCUT2D eigenvalue weighted by Gasteiger charge is 1.94. The van der Waals surface area contributed by atoms with Crippen molar-refractivity contribution in [2.75, 3.05) is 26.3 Å². The second-order valence-electron chi connectivity index (χ2n) is 4.40. The maximum absolute atomic E-state index is 5.67. The molecule has 4 heteroatoms. The summed E-state index contributed by atoms with van der Waals surface area (Å²) < 4.78 is 5.58. The summed E-state index contributed by atoms with van der Waals surface area (Å²) in [4.78, 5) is 4.16. The van der Waals surface area contributed by atoms with Crippen molar-refractivity contribution in [2.45, 2.75) is 26.2 Å². The van der Waals surface area contributed by atoms with E-state index in [9.17, 15) is 0 Å². The molecule has 0 aliphatic rings. The van der Waals surface area contributed by atoms with Gasteiger partial charge in [-0.15, -0.1) is 0 Å². The van der Waals surface area contributed by atoms with Crippen molar-refractivity contribution in [3.05, 3.63) is 35.9 Å². The van der Waals surface area contributed by atoms with E-state index in [0.29, 0.717) is 5.96 Å². The van der Waals surface area contributed by atoms with Crippen LogP contribution in [0.5, 0.6) is 0 Å². The fourth-order valence-electron chi connectivity index (χ4n) is 1.62. The summed E-state index contributed by atoms with van der Waals surface area (Å²) in [7, 11) is 0. The van der Waals surface area contributed by atoms with Crippen LogP contribution in [0.25, 0.3) is 0 Å². The number of hydrogen-bond donors (Lipinski definition) is 2. The molecular weight excluding hydrogens is 238 g/mol. The molecule has 0 aromatic heterocycles. The van der Waals surface area contributed by atoms with Crippen LogP contribution in [0.1, 0.15) is 25.3 Å². The van der Waals surface area contributed by atoms with Crippen molar-refractivity contribution < 1.29 is 4.74 Å². The van der Waals surface area contributed by atoms with Crippen LogP contribution < -0.4 is 11.1 Å². The van der Waals surface area contributed by atoms with E-state index in [-0.39, 0.29) is 0 Å². The Labute approximate surface area is 116 Å². The Balaban J connectivity index is 1.94. The minimum atomic E-state index is 0.533. The van der Waals surface area contributed by atoms with E-state index < -0.39 is 0 Å². The summed E-state index contributed by atoms with van der Waals surface area (Å²) in [6.07, 6.45) is 2.93. The Hall–Kier alpha value is -1.55. The van der Waals surface area contributed by atoms with Gasteiger partial charge in [0.2, 0.25) is 0 Å². The van der Waals surface area contributed by atoms with Crippen LogP contribution in [-0.4, -0.2) is 32.3 Å². The van der Waals surface area contributed by atoms with E-state index >= 15 is 0 Å². The second kappa shape index (κ2) is 10.4. The Bertz CT molecular complexity index is 352. The summed E-state index contributed by atoms with van der Waals surface area (Å²) in [6.45, 7) is 5.19. The molecule has 0 spiro atoms. The topological polar surface area (TPSA) is 59.6 Å². The summed E-state index contributed by atoms with van der Waals surface area (Å²) >= 11 is 0. The van der Waals surface area contributed by atoms with Gasteiger partial charge in [-0.25, -0.2) is 0 Å². The van der Waals surface area contributed by atoms with Crippen LogP contribution in [-0.2, 0) is 11.2 Å². The first-order valence-corrected chi connectivity index (χ1v) is 6.98. The second-order valence-corrected chi connectivity index (χ2v) is 4.40. The third kappa shape index (κ3) is 8.21. The van der Waals surface area contributed by atoms with Gasteiger partial charge in [0.25, 0.3) is 0 Å². The van der Waals surface area contributed by atoms with Gasteiger partial charge in [0.1, 0.15) is 0 Å². The number of benzene rings is 1. The minimum Gasteiger partial charge on any atom is -0.381 e. The first-order chi connectivity index (χ1) is 9.33. The number of nitrogens with one attached hydrogen (secondary N) is 1. The number of ether oxygens (including phenoxy) is 1. The summed E-state index contributed by atoms with van der Waals surface area (Å²) in [5.41, 5.74) is 6.99. The molecule has 1 rings (SSSR count). The molecule has 0 saturated carbocycles. The molecule has 0 atom stereocenters. The van der Waals surface area contributed by atoms with Crippen LogP contribution in [0, 0.1) is 0 Å². The standard InChI is InChI=1S/C15H25N3O/c1-2-10-17-15(16)18-11-6-12-19-13-9-14-7-4-3-5-8-14/h3-5,7-8H,2,6,9-13H2,1H3,(H3,16,17,18). The van der Waals surface area contributed by atoms with Crippen LogP contribution in [0.4, 0.5) is 0 Å². The van der Waals surface area contributed by atoms with Gasteiger partial charge >= 0.3 is 0 Å². The van der Waals surface area contributed by atoms with Gasteiger partial charge in [-0.3, -0.25) is 4.99 Å². The normalized spacial score (nSPS) is 11.5. The number of hydrogen-bond acceptors (Lipinski definition) is 2. The lowest BCUT2D eigenvalue weighted by Crippen LogP contribution is -2.33. The van der Waals surface area contributed by atoms with E-state index in [4.69, 9.17) is 10.5 Å². The lowest BCUT2D eigenvalue weighted by atomic mass is 10.2. The van der Waals surface area contributed by atoms with Crippen molar-refractivity contribution in [3.63, 3.8) is 0 Å². The van der Waals surface area contributed by atoms with Gasteiger partial charge in [-0.1, -0.05) is 37.3 Å². The third-order valence-corrected chi connectivity index (χ3v) is 2.66. The molecule has 0 saturated heterocycles. The van der Waals surface area contributed by atoms with Crippen molar-refractivity contribution in [2.24, 2.45) is 10.7 Å². The van der Waals surface area contributed by atoms with Gasteiger partial charge in [-0.2, -0.15) is 0 Å². The van der Waals surface area contributed by atoms with Gasteiger partial charge in [0.15, 0.2) is 5.96 Å². The SMILES string of the molecule is CCCN=C(N)NCCCOCCc1ccccc1. The average Bonchev–Trinajstić information content (AvgIpc) is 2.45. The zero-order valence-electron chi connectivity index (χ0n) is 11.8. The van der Waals surface area contributed by atoms with Gasteiger partial charge in [0.05, 0.1) is 6.61 Å². The molecule has 0 aliphatic carbocycles. The highest BCUT2D eigenvalue weighted by atomic mass is 16.5. The van der Waals surface area contributed by atoms with Gasteiger partial charge in [-0.05, 0) is 24.8 Å². The van der Waals surface area contributed by atoms with E-state index in [1.165, 1.54) is 5.56 Å². The lowest BCUT2D eigenvalue weighted by molar-refractivity contribution is 0.135. The molecular formula is C15H25N3O. The molecule has 106 valence electrons. The Kier molecular flexibility index (Phi) is 8.47. The fraction of sp³-hybridized carbons (Fsp3) is 0.533. The van der Waals surface area contributed by atoms with Crippen molar-refractivity contribution in [1.29, 1.82) is 0 Å². The third-order valence-electron chi connectivity index (χ3n) is 2.66. The minimum absolute atomic E-state index is 0.533. The number of nitrogens with zero attached hydrogens (tertiary/aromatic N) is 1. The Morgan fingerprint density at radius 3 is 2.79 bits per heavy atom. The molecule has 0 aliphatic heterocycles. The Morgan fingerprint density at radius 2 is 2.05 bits per heavy atom. The summed E-state index contributed by atoms with van der Waals surface area (Å²) in [5, 5.41) is 3.07. The first-order valence-electron chi connectivity index (χ1n) is 6.98. The maximum atomic E-state index is 5.67. The number of rotatable bonds is 9. The summed E-state index contributed by atoms with van der Waals surface area (Å²) in [6, 6.07) is 10.4. The van der Waals surface area contributed by atoms with Crippen LogP contribution in [0.3, 0.4) is 0 Å². The first kappa shape index (κ1) is 15.5. The van der Waals surface area contributed by atoms with Gasteiger partial charge < -0.3 is 15.8 Å². The highest BCUT2D eigenvalue weighted by Crippen LogP contribution is 1.99. The quantitative estimate of drug-likeness (QED) is 0.407. The number of nitrogens with two attached hydrogens (primary N) is 1. The zero-order valence-corrected chi connectivity index (χ0v) is 11.8. The number of guanidine groups is 1. The van der Waals surface area contributed by atoms with Crippen molar-refractivity contribution in [1.82, 2.24) is 5.32 Å². The molecule has 0 bridgehead atoms. The lowest BCUT2D eigenvalue weighted by Gasteiger charge is -2.06. The van der Waals surface area contributed by atoms with Crippen LogP contribution >= 0.6 is 0 Å². The molecule has 0 unspecified atom stereocenters. The zero-order chi connectivity index (χ0) is 13.8. The summed E-state index contributed by atoms with van der Waals surface area (Å²) in [5.74, 6) is 0.533. The predicted molar refractivity (Wildman–Crippen MR) is 80.4 cm³/mol.